The number of benzene rings is 1. The fraction of sp³-hybridized carbons (Fsp3) is 0.308. The summed E-state index contributed by atoms with van der Waals surface area (Å²) in [5.41, 5.74) is 7.66. The molecule has 0 aromatic heterocycles. The first-order valence-electron chi connectivity index (χ1n) is 5.51. The molecule has 0 spiro atoms. The van der Waals surface area contributed by atoms with Gasteiger partial charge in [-0.25, -0.2) is 4.79 Å². The summed E-state index contributed by atoms with van der Waals surface area (Å²) in [5, 5.41) is 0.510. The van der Waals surface area contributed by atoms with Crippen molar-refractivity contribution < 1.29 is 9.53 Å². The largest absolute Gasteiger partial charge is 0.463 e. The standard InChI is InChI=1S/C13H16ClNO2/c1-3-10(13(16)17-4-2)7-9-5-6-11(14)12(15)8-9/h5-8H,3-4,15H2,1-2H3/b10-7+. The van der Waals surface area contributed by atoms with E-state index in [1.165, 1.54) is 0 Å². The van der Waals surface area contributed by atoms with Crippen molar-refractivity contribution in [2.24, 2.45) is 0 Å². The van der Waals surface area contributed by atoms with E-state index in [9.17, 15) is 4.79 Å². The maximum absolute atomic E-state index is 11.6. The van der Waals surface area contributed by atoms with Gasteiger partial charge in [-0.15, -0.1) is 0 Å². The van der Waals surface area contributed by atoms with Gasteiger partial charge in [0.05, 0.1) is 17.3 Å². The summed E-state index contributed by atoms with van der Waals surface area (Å²) in [6.45, 7) is 4.06. The monoisotopic (exact) mass is 253 g/mol. The molecule has 2 N–H and O–H groups in total. The van der Waals surface area contributed by atoms with Gasteiger partial charge in [-0.3, -0.25) is 0 Å². The molecule has 0 heterocycles. The number of carbonyl (C=O) groups is 1. The van der Waals surface area contributed by atoms with Crippen LogP contribution in [0.5, 0.6) is 0 Å². The lowest BCUT2D eigenvalue weighted by molar-refractivity contribution is -0.138. The van der Waals surface area contributed by atoms with Gasteiger partial charge in [0.15, 0.2) is 0 Å². The highest BCUT2D eigenvalue weighted by atomic mass is 35.5. The second-order valence-electron chi connectivity index (χ2n) is 3.52. The van der Waals surface area contributed by atoms with Gasteiger partial charge in [0.2, 0.25) is 0 Å². The molecule has 17 heavy (non-hydrogen) atoms. The van der Waals surface area contributed by atoms with Crippen molar-refractivity contribution in [3.05, 3.63) is 34.4 Å². The topological polar surface area (TPSA) is 52.3 Å². The van der Waals surface area contributed by atoms with Gasteiger partial charge in [0, 0.05) is 5.57 Å². The normalized spacial score (nSPS) is 11.4. The highest BCUT2D eigenvalue weighted by Crippen LogP contribution is 2.21. The van der Waals surface area contributed by atoms with Gasteiger partial charge >= 0.3 is 5.97 Å². The first-order chi connectivity index (χ1) is 8.08. The molecule has 1 aromatic carbocycles. The Morgan fingerprint density at radius 1 is 1.47 bits per heavy atom. The predicted molar refractivity (Wildman–Crippen MR) is 70.8 cm³/mol. The van der Waals surface area contributed by atoms with Crippen LogP contribution in [0, 0.1) is 0 Å². The van der Waals surface area contributed by atoms with Crippen LogP contribution in [0.1, 0.15) is 25.8 Å². The molecule has 0 radical (unpaired) electrons. The first-order valence-corrected chi connectivity index (χ1v) is 5.89. The van der Waals surface area contributed by atoms with E-state index >= 15 is 0 Å². The minimum absolute atomic E-state index is 0.288. The van der Waals surface area contributed by atoms with Crippen LogP contribution >= 0.6 is 11.6 Å². The van der Waals surface area contributed by atoms with E-state index in [0.717, 1.165) is 5.56 Å². The van der Waals surface area contributed by atoms with Gasteiger partial charge in [-0.05, 0) is 37.1 Å². The summed E-state index contributed by atoms with van der Waals surface area (Å²) in [5.74, 6) is -0.288. The molecule has 0 aliphatic heterocycles. The van der Waals surface area contributed by atoms with E-state index < -0.39 is 0 Å². The second kappa shape index (κ2) is 6.30. The van der Waals surface area contributed by atoms with E-state index in [2.05, 4.69) is 0 Å². The molecular formula is C13H16ClNO2. The molecule has 1 rings (SSSR count). The number of nitrogen functional groups attached to an aromatic ring is 1. The summed E-state index contributed by atoms with van der Waals surface area (Å²) in [6, 6.07) is 5.26. The average molecular weight is 254 g/mol. The Balaban J connectivity index is 2.98. The number of rotatable bonds is 4. The molecular weight excluding hydrogens is 238 g/mol. The fourth-order valence-corrected chi connectivity index (χ4v) is 1.50. The van der Waals surface area contributed by atoms with Gasteiger partial charge in [0.1, 0.15) is 0 Å². The Kier molecular flexibility index (Phi) is 5.04. The Morgan fingerprint density at radius 3 is 2.71 bits per heavy atom. The van der Waals surface area contributed by atoms with Crippen molar-refractivity contribution >= 4 is 29.3 Å². The van der Waals surface area contributed by atoms with E-state index in [1.807, 2.05) is 13.0 Å². The number of halogens is 1. The number of carbonyl (C=O) groups excluding carboxylic acids is 1. The lowest BCUT2D eigenvalue weighted by Crippen LogP contribution is -2.06. The van der Waals surface area contributed by atoms with Crippen LogP contribution in [0.25, 0.3) is 6.08 Å². The summed E-state index contributed by atoms with van der Waals surface area (Å²) in [4.78, 5) is 11.6. The third kappa shape index (κ3) is 3.79. The minimum atomic E-state index is -0.288. The van der Waals surface area contributed by atoms with Crippen LogP contribution in [-0.2, 0) is 9.53 Å². The van der Waals surface area contributed by atoms with E-state index in [4.69, 9.17) is 22.1 Å². The third-order valence-electron chi connectivity index (χ3n) is 2.28. The molecule has 0 fully saturated rings. The molecule has 92 valence electrons. The van der Waals surface area contributed by atoms with Crippen molar-refractivity contribution in [2.45, 2.75) is 20.3 Å². The van der Waals surface area contributed by atoms with Crippen LogP contribution in [0.15, 0.2) is 23.8 Å². The summed E-state index contributed by atoms with van der Waals surface area (Å²) >= 11 is 5.83. The predicted octanol–water partition coefficient (Wildman–Crippen LogP) is 3.28. The van der Waals surface area contributed by atoms with Crippen LogP contribution < -0.4 is 5.73 Å². The first kappa shape index (κ1) is 13.6. The average Bonchev–Trinajstić information content (AvgIpc) is 2.30. The van der Waals surface area contributed by atoms with E-state index in [0.29, 0.717) is 29.3 Å². The van der Waals surface area contributed by atoms with Crippen LogP contribution in [-0.4, -0.2) is 12.6 Å². The number of esters is 1. The molecule has 1 aromatic rings. The zero-order valence-electron chi connectivity index (χ0n) is 10.00. The third-order valence-corrected chi connectivity index (χ3v) is 2.62. The molecule has 0 saturated carbocycles. The van der Waals surface area contributed by atoms with Gasteiger partial charge < -0.3 is 10.5 Å². The Morgan fingerprint density at radius 2 is 2.18 bits per heavy atom. The summed E-state index contributed by atoms with van der Waals surface area (Å²) < 4.78 is 4.96. The number of nitrogens with two attached hydrogens (primary N) is 1. The molecule has 4 heteroatoms. The minimum Gasteiger partial charge on any atom is -0.463 e. The molecule has 0 unspecified atom stereocenters. The maximum Gasteiger partial charge on any atom is 0.333 e. The molecule has 0 bridgehead atoms. The van der Waals surface area contributed by atoms with Crippen molar-refractivity contribution in [3.63, 3.8) is 0 Å². The van der Waals surface area contributed by atoms with Crippen molar-refractivity contribution in [1.29, 1.82) is 0 Å². The van der Waals surface area contributed by atoms with Crippen LogP contribution in [0.2, 0.25) is 5.02 Å². The number of anilines is 1. The van der Waals surface area contributed by atoms with Crippen molar-refractivity contribution in [2.75, 3.05) is 12.3 Å². The van der Waals surface area contributed by atoms with Gasteiger partial charge in [-0.2, -0.15) is 0 Å². The van der Waals surface area contributed by atoms with Crippen LogP contribution in [0.4, 0.5) is 5.69 Å². The molecule has 0 atom stereocenters. The SMILES string of the molecule is CCOC(=O)/C(=C/c1ccc(Cl)c(N)c1)CC. The lowest BCUT2D eigenvalue weighted by atomic mass is 10.1. The Labute approximate surface area is 106 Å². The molecule has 0 aliphatic carbocycles. The van der Waals surface area contributed by atoms with E-state index in [1.54, 1.807) is 25.1 Å². The zero-order chi connectivity index (χ0) is 12.8. The molecule has 0 aliphatic rings. The Hall–Kier alpha value is -1.48. The maximum atomic E-state index is 11.6. The number of ether oxygens (including phenoxy) is 1. The van der Waals surface area contributed by atoms with E-state index in [-0.39, 0.29) is 5.97 Å². The van der Waals surface area contributed by atoms with Crippen molar-refractivity contribution in [3.8, 4) is 0 Å². The lowest BCUT2D eigenvalue weighted by Gasteiger charge is -2.05. The number of hydrogen-bond donors (Lipinski definition) is 1. The zero-order valence-corrected chi connectivity index (χ0v) is 10.8. The quantitative estimate of drug-likeness (QED) is 0.509. The summed E-state index contributed by atoms with van der Waals surface area (Å²) in [7, 11) is 0. The van der Waals surface area contributed by atoms with Crippen LogP contribution in [0.3, 0.4) is 0 Å². The highest BCUT2D eigenvalue weighted by molar-refractivity contribution is 6.33. The highest BCUT2D eigenvalue weighted by Gasteiger charge is 2.08. The smallest absolute Gasteiger partial charge is 0.333 e. The molecule has 3 nitrogen and oxygen atoms in total. The molecule has 0 saturated heterocycles. The van der Waals surface area contributed by atoms with Crippen molar-refractivity contribution in [1.82, 2.24) is 0 Å². The fourth-order valence-electron chi connectivity index (χ4n) is 1.38. The molecule has 0 amide bonds. The summed E-state index contributed by atoms with van der Waals surface area (Å²) in [6.07, 6.45) is 2.38. The van der Waals surface area contributed by atoms with Gasteiger partial charge in [0.25, 0.3) is 0 Å². The Bertz CT molecular complexity index is 441. The van der Waals surface area contributed by atoms with Gasteiger partial charge in [-0.1, -0.05) is 24.6 Å². The number of hydrogen-bond acceptors (Lipinski definition) is 3. The second-order valence-corrected chi connectivity index (χ2v) is 3.93.